The summed E-state index contributed by atoms with van der Waals surface area (Å²) in [7, 11) is 2.19. The number of para-hydroxylation sites is 1. The lowest BCUT2D eigenvalue weighted by atomic mass is 9.73. The highest BCUT2D eigenvalue weighted by atomic mass is 35.5. The summed E-state index contributed by atoms with van der Waals surface area (Å²) in [5.74, 6) is 1.05. The fourth-order valence-corrected chi connectivity index (χ4v) is 5.08. The zero-order valence-corrected chi connectivity index (χ0v) is 19.1. The standard InChI is InChI=1S/C25H32ClN3O2/c1-28-16-17-31-23-8-3-2-6-20(23)7-4-5-11-25(19-28)12-14-29(15-13-25)24(30)22-10-9-21(26)18-27-22/h2-3,6,8-10,18H,4-5,7,11-17,19H2,1H3. The van der Waals surface area contributed by atoms with Crippen molar-refractivity contribution in [2.24, 2.45) is 5.41 Å². The van der Waals surface area contributed by atoms with E-state index < -0.39 is 0 Å². The number of amides is 1. The number of hydrogen-bond acceptors (Lipinski definition) is 4. The number of nitrogens with zero attached hydrogens (tertiary/aromatic N) is 3. The molecular formula is C25H32ClN3O2. The maximum Gasteiger partial charge on any atom is 0.272 e. The molecule has 31 heavy (non-hydrogen) atoms. The summed E-state index contributed by atoms with van der Waals surface area (Å²) in [4.78, 5) is 21.4. The number of halogens is 1. The van der Waals surface area contributed by atoms with Crippen LogP contribution >= 0.6 is 11.6 Å². The molecule has 5 nitrogen and oxygen atoms in total. The van der Waals surface area contributed by atoms with Crippen molar-refractivity contribution in [1.82, 2.24) is 14.8 Å². The average Bonchev–Trinajstić information content (AvgIpc) is 2.77. The lowest BCUT2D eigenvalue weighted by molar-refractivity contribution is 0.0421. The summed E-state index contributed by atoms with van der Waals surface area (Å²) in [5, 5.41) is 0.553. The van der Waals surface area contributed by atoms with Crippen LogP contribution in [0.1, 0.15) is 48.2 Å². The van der Waals surface area contributed by atoms with Crippen LogP contribution in [0.4, 0.5) is 0 Å². The number of aryl methyl sites for hydroxylation is 1. The van der Waals surface area contributed by atoms with Crippen LogP contribution in [0.5, 0.6) is 5.75 Å². The van der Waals surface area contributed by atoms with E-state index in [1.54, 1.807) is 18.3 Å². The van der Waals surface area contributed by atoms with Crippen molar-refractivity contribution in [1.29, 1.82) is 0 Å². The third-order valence-electron chi connectivity index (χ3n) is 6.77. The van der Waals surface area contributed by atoms with Crippen LogP contribution in [0, 0.1) is 5.41 Å². The Morgan fingerprint density at radius 1 is 1.06 bits per heavy atom. The maximum atomic E-state index is 12.9. The summed E-state index contributed by atoms with van der Waals surface area (Å²) in [6, 6.07) is 11.9. The van der Waals surface area contributed by atoms with Gasteiger partial charge in [0.1, 0.15) is 18.1 Å². The van der Waals surface area contributed by atoms with E-state index >= 15 is 0 Å². The second kappa shape index (κ2) is 10.0. The van der Waals surface area contributed by atoms with Gasteiger partial charge in [-0.15, -0.1) is 0 Å². The van der Waals surface area contributed by atoms with Gasteiger partial charge < -0.3 is 14.5 Å². The van der Waals surface area contributed by atoms with E-state index in [4.69, 9.17) is 16.3 Å². The number of fused-ring (bicyclic) bond motifs is 1. The van der Waals surface area contributed by atoms with Crippen molar-refractivity contribution in [3.05, 3.63) is 58.9 Å². The van der Waals surface area contributed by atoms with Gasteiger partial charge in [-0.1, -0.05) is 36.2 Å². The molecule has 0 N–H and O–H groups in total. The highest BCUT2D eigenvalue weighted by molar-refractivity contribution is 6.30. The number of benzene rings is 1. The molecule has 4 rings (SSSR count). The first-order chi connectivity index (χ1) is 15.0. The molecule has 1 spiro atoms. The normalized spacial score (nSPS) is 20.3. The second-order valence-electron chi connectivity index (χ2n) is 9.05. The van der Waals surface area contributed by atoms with E-state index in [0.717, 1.165) is 51.2 Å². The SMILES string of the molecule is CN1CCOc2ccccc2CCCCC2(CCN(C(=O)c3ccc(Cl)cn3)CC2)C1. The maximum absolute atomic E-state index is 12.9. The number of piperidine rings is 1. The van der Waals surface area contributed by atoms with E-state index in [1.807, 2.05) is 4.90 Å². The molecule has 0 bridgehead atoms. The molecule has 2 aromatic rings. The van der Waals surface area contributed by atoms with Crippen molar-refractivity contribution in [2.75, 3.05) is 39.8 Å². The molecule has 0 radical (unpaired) electrons. The summed E-state index contributed by atoms with van der Waals surface area (Å²) in [6.45, 7) is 4.25. The smallest absolute Gasteiger partial charge is 0.272 e. The van der Waals surface area contributed by atoms with Gasteiger partial charge in [-0.2, -0.15) is 0 Å². The molecule has 2 aliphatic rings. The van der Waals surface area contributed by atoms with Gasteiger partial charge in [-0.25, -0.2) is 4.98 Å². The zero-order valence-electron chi connectivity index (χ0n) is 18.4. The van der Waals surface area contributed by atoms with E-state index in [-0.39, 0.29) is 11.3 Å². The molecule has 0 saturated carbocycles. The predicted octanol–water partition coefficient (Wildman–Crippen LogP) is 4.69. The predicted molar refractivity (Wildman–Crippen MR) is 124 cm³/mol. The Hall–Kier alpha value is -2.11. The quantitative estimate of drug-likeness (QED) is 0.643. The van der Waals surface area contributed by atoms with Gasteiger partial charge in [0.15, 0.2) is 0 Å². The minimum atomic E-state index is 0.0121. The Labute approximate surface area is 190 Å². The number of likely N-dealkylation sites (tertiary alicyclic amines) is 1. The number of hydrogen-bond donors (Lipinski definition) is 0. The number of pyridine rings is 1. The number of ether oxygens (including phenoxy) is 1. The highest BCUT2D eigenvalue weighted by Crippen LogP contribution is 2.38. The van der Waals surface area contributed by atoms with Crippen molar-refractivity contribution in [3.8, 4) is 5.75 Å². The fourth-order valence-electron chi connectivity index (χ4n) is 4.97. The molecule has 1 saturated heterocycles. The first-order valence-electron chi connectivity index (χ1n) is 11.3. The number of carbonyl (C=O) groups is 1. The van der Waals surface area contributed by atoms with E-state index in [2.05, 4.69) is 41.2 Å². The lowest BCUT2D eigenvalue weighted by Crippen LogP contribution is -2.48. The van der Waals surface area contributed by atoms with Crippen LogP contribution in [0.2, 0.25) is 5.02 Å². The zero-order chi connectivity index (χ0) is 21.7. The lowest BCUT2D eigenvalue weighted by Gasteiger charge is -2.44. The molecule has 2 aliphatic heterocycles. The molecule has 6 heteroatoms. The molecule has 0 atom stereocenters. The highest BCUT2D eigenvalue weighted by Gasteiger charge is 2.36. The number of carbonyl (C=O) groups excluding carboxylic acids is 1. The van der Waals surface area contributed by atoms with Crippen LogP contribution < -0.4 is 4.74 Å². The van der Waals surface area contributed by atoms with Gasteiger partial charge >= 0.3 is 0 Å². The Balaban J connectivity index is 1.40. The molecule has 1 aromatic carbocycles. The van der Waals surface area contributed by atoms with Gasteiger partial charge in [-0.05, 0) is 68.3 Å². The summed E-state index contributed by atoms with van der Waals surface area (Å²) in [5.41, 5.74) is 2.06. The van der Waals surface area contributed by atoms with Crippen LogP contribution in [-0.4, -0.2) is 60.5 Å². The third-order valence-corrected chi connectivity index (χ3v) is 6.99. The third kappa shape index (κ3) is 5.58. The molecular weight excluding hydrogens is 410 g/mol. The Kier molecular flexibility index (Phi) is 7.13. The van der Waals surface area contributed by atoms with Crippen molar-refractivity contribution in [2.45, 2.75) is 38.5 Å². The van der Waals surface area contributed by atoms with Crippen LogP contribution in [0.25, 0.3) is 0 Å². The van der Waals surface area contributed by atoms with Gasteiger partial charge in [0.2, 0.25) is 0 Å². The first kappa shape index (κ1) is 22.1. The molecule has 0 unspecified atom stereocenters. The topological polar surface area (TPSA) is 45.7 Å². The fraction of sp³-hybridized carbons (Fsp3) is 0.520. The van der Waals surface area contributed by atoms with Crippen molar-refractivity contribution < 1.29 is 9.53 Å². The number of likely N-dealkylation sites (N-methyl/N-ethyl adjacent to an activating group) is 1. The Bertz CT molecular complexity index is 879. The molecule has 1 fully saturated rings. The van der Waals surface area contributed by atoms with Crippen LogP contribution in [-0.2, 0) is 6.42 Å². The van der Waals surface area contributed by atoms with Gasteiger partial charge in [-0.3, -0.25) is 4.79 Å². The van der Waals surface area contributed by atoms with Crippen LogP contribution in [0.15, 0.2) is 42.6 Å². The van der Waals surface area contributed by atoms with E-state index in [1.165, 1.54) is 24.8 Å². The van der Waals surface area contributed by atoms with E-state index in [0.29, 0.717) is 17.3 Å². The van der Waals surface area contributed by atoms with Gasteiger partial charge in [0.05, 0.1) is 5.02 Å². The first-order valence-corrected chi connectivity index (χ1v) is 11.7. The molecule has 0 aliphatic carbocycles. The summed E-state index contributed by atoms with van der Waals surface area (Å²) in [6.07, 6.45) is 8.26. The minimum Gasteiger partial charge on any atom is -0.492 e. The molecule has 3 heterocycles. The van der Waals surface area contributed by atoms with Gasteiger partial charge in [0, 0.05) is 32.4 Å². The van der Waals surface area contributed by atoms with Crippen molar-refractivity contribution >= 4 is 17.5 Å². The van der Waals surface area contributed by atoms with Crippen LogP contribution in [0.3, 0.4) is 0 Å². The van der Waals surface area contributed by atoms with Crippen molar-refractivity contribution in [3.63, 3.8) is 0 Å². The Morgan fingerprint density at radius 2 is 1.87 bits per heavy atom. The summed E-state index contributed by atoms with van der Waals surface area (Å²) < 4.78 is 6.10. The molecule has 1 amide bonds. The monoisotopic (exact) mass is 441 g/mol. The Morgan fingerprint density at radius 3 is 2.65 bits per heavy atom. The van der Waals surface area contributed by atoms with E-state index in [9.17, 15) is 4.79 Å². The number of rotatable bonds is 1. The second-order valence-corrected chi connectivity index (χ2v) is 9.49. The minimum absolute atomic E-state index is 0.0121. The summed E-state index contributed by atoms with van der Waals surface area (Å²) >= 11 is 5.92. The van der Waals surface area contributed by atoms with Gasteiger partial charge in [0.25, 0.3) is 5.91 Å². The molecule has 1 aromatic heterocycles. The largest absolute Gasteiger partial charge is 0.492 e. The number of aromatic nitrogens is 1. The molecule has 166 valence electrons. The average molecular weight is 442 g/mol.